The fourth-order valence-corrected chi connectivity index (χ4v) is 1.95. The highest BCUT2D eigenvalue weighted by Gasteiger charge is 2.06. The highest BCUT2D eigenvalue weighted by molar-refractivity contribution is 5.47. The van der Waals surface area contributed by atoms with Crippen molar-refractivity contribution >= 4 is 5.69 Å². The van der Waals surface area contributed by atoms with E-state index in [1.165, 1.54) is 17.7 Å². The van der Waals surface area contributed by atoms with Crippen LogP contribution in [0.3, 0.4) is 0 Å². The van der Waals surface area contributed by atoms with Gasteiger partial charge >= 0.3 is 0 Å². The Kier molecular flexibility index (Phi) is 6.20. The van der Waals surface area contributed by atoms with Crippen LogP contribution in [0.1, 0.15) is 45.1 Å². The Labute approximate surface area is 112 Å². The first-order valence-corrected chi connectivity index (χ1v) is 7.09. The van der Waals surface area contributed by atoms with Gasteiger partial charge in [0.15, 0.2) is 0 Å². The highest BCUT2D eigenvalue weighted by atomic mass is 15.1. The lowest BCUT2D eigenvalue weighted by Crippen LogP contribution is -2.22. The van der Waals surface area contributed by atoms with Gasteiger partial charge in [-0.05, 0) is 48.9 Å². The van der Waals surface area contributed by atoms with Gasteiger partial charge in [-0.1, -0.05) is 32.9 Å². The van der Waals surface area contributed by atoms with Crippen molar-refractivity contribution in [2.45, 2.75) is 39.5 Å². The van der Waals surface area contributed by atoms with Gasteiger partial charge < -0.3 is 10.6 Å². The Balaban J connectivity index is 2.56. The summed E-state index contributed by atoms with van der Waals surface area (Å²) >= 11 is 0. The fraction of sp³-hybridized carbons (Fsp3) is 0.625. The van der Waals surface area contributed by atoms with Crippen LogP contribution >= 0.6 is 0 Å². The van der Waals surface area contributed by atoms with E-state index in [1.54, 1.807) is 0 Å². The number of benzene rings is 1. The van der Waals surface area contributed by atoms with E-state index in [9.17, 15) is 0 Å². The molecular weight excluding hydrogens is 220 g/mol. The van der Waals surface area contributed by atoms with Crippen molar-refractivity contribution in [1.29, 1.82) is 0 Å². The molecule has 0 fully saturated rings. The number of hydrogen-bond donors (Lipinski definition) is 1. The molecule has 0 spiro atoms. The average Bonchev–Trinajstić information content (AvgIpc) is 2.43. The van der Waals surface area contributed by atoms with E-state index in [-0.39, 0.29) is 0 Å². The van der Waals surface area contributed by atoms with E-state index < -0.39 is 0 Å². The molecule has 0 saturated carbocycles. The molecular formula is C16H28N2. The molecule has 0 aliphatic heterocycles. The van der Waals surface area contributed by atoms with Gasteiger partial charge in [0, 0.05) is 19.3 Å². The van der Waals surface area contributed by atoms with E-state index >= 15 is 0 Å². The standard InChI is InChI=1S/C16H28N2/c1-5-14(3)15-6-8-16(9-7-15)18(4)11-10-13(2)12-17/h6-9,13-14H,5,10-12,17H2,1-4H3. The lowest BCUT2D eigenvalue weighted by atomic mass is 9.98. The van der Waals surface area contributed by atoms with Crippen LogP contribution in [0.5, 0.6) is 0 Å². The lowest BCUT2D eigenvalue weighted by Gasteiger charge is -2.21. The summed E-state index contributed by atoms with van der Waals surface area (Å²) in [4.78, 5) is 2.31. The molecule has 2 heteroatoms. The minimum absolute atomic E-state index is 0.604. The second-order valence-electron chi connectivity index (χ2n) is 5.45. The van der Waals surface area contributed by atoms with E-state index in [1.807, 2.05) is 0 Å². The number of hydrogen-bond acceptors (Lipinski definition) is 2. The van der Waals surface area contributed by atoms with Gasteiger partial charge in [0.1, 0.15) is 0 Å². The first-order valence-electron chi connectivity index (χ1n) is 7.09. The normalized spacial score (nSPS) is 14.3. The topological polar surface area (TPSA) is 29.3 Å². The molecule has 2 unspecified atom stereocenters. The predicted molar refractivity (Wildman–Crippen MR) is 81.3 cm³/mol. The third-order valence-electron chi connectivity index (χ3n) is 3.87. The zero-order valence-electron chi connectivity index (χ0n) is 12.3. The average molecular weight is 248 g/mol. The fourth-order valence-electron chi connectivity index (χ4n) is 1.95. The minimum atomic E-state index is 0.604. The third-order valence-corrected chi connectivity index (χ3v) is 3.87. The van der Waals surface area contributed by atoms with Crippen LogP contribution in [-0.4, -0.2) is 20.1 Å². The van der Waals surface area contributed by atoms with Crippen LogP contribution in [0.15, 0.2) is 24.3 Å². The zero-order chi connectivity index (χ0) is 13.5. The Morgan fingerprint density at radius 3 is 2.28 bits per heavy atom. The molecule has 2 N–H and O–H groups in total. The van der Waals surface area contributed by atoms with Gasteiger partial charge in [-0.3, -0.25) is 0 Å². The summed E-state index contributed by atoms with van der Waals surface area (Å²) in [7, 11) is 2.15. The van der Waals surface area contributed by atoms with Crippen molar-refractivity contribution < 1.29 is 0 Å². The predicted octanol–water partition coefficient (Wildman–Crippen LogP) is 3.62. The van der Waals surface area contributed by atoms with Gasteiger partial charge in [0.05, 0.1) is 0 Å². The zero-order valence-corrected chi connectivity index (χ0v) is 12.3. The second kappa shape index (κ2) is 7.42. The van der Waals surface area contributed by atoms with Crippen molar-refractivity contribution in [3.8, 4) is 0 Å². The molecule has 1 rings (SSSR count). The maximum atomic E-state index is 5.65. The Hall–Kier alpha value is -1.02. The molecule has 1 aromatic carbocycles. The molecule has 102 valence electrons. The molecule has 1 aromatic rings. The molecule has 0 amide bonds. The van der Waals surface area contributed by atoms with E-state index in [0.717, 1.165) is 19.5 Å². The smallest absolute Gasteiger partial charge is 0.0363 e. The Morgan fingerprint density at radius 1 is 1.17 bits per heavy atom. The van der Waals surface area contributed by atoms with Gasteiger partial charge in [-0.25, -0.2) is 0 Å². The molecule has 0 aromatic heterocycles. The van der Waals surface area contributed by atoms with Gasteiger partial charge in [-0.15, -0.1) is 0 Å². The van der Waals surface area contributed by atoms with Crippen LogP contribution < -0.4 is 10.6 Å². The van der Waals surface area contributed by atoms with Crippen LogP contribution in [-0.2, 0) is 0 Å². The summed E-state index contributed by atoms with van der Waals surface area (Å²) in [5, 5.41) is 0. The summed E-state index contributed by atoms with van der Waals surface area (Å²) in [5.41, 5.74) is 8.38. The second-order valence-corrected chi connectivity index (χ2v) is 5.45. The molecule has 2 nitrogen and oxygen atoms in total. The van der Waals surface area contributed by atoms with Crippen molar-refractivity contribution in [3.05, 3.63) is 29.8 Å². The first-order chi connectivity index (χ1) is 8.58. The van der Waals surface area contributed by atoms with Crippen molar-refractivity contribution in [2.75, 3.05) is 25.0 Å². The molecule has 2 atom stereocenters. The number of nitrogens with two attached hydrogens (primary N) is 1. The number of nitrogens with zero attached hydrogens (tertiary/aromatic N) is 1. The maximum absolute atomic E-state index is 5.65. The molecule has 0 radical (unpaired) electrons. The van der Waals surface area contributed by atoms with E-state index in [0.29, 0.717) is 11.8 Å². The van der Waals surface area contributed by atoms with E-state index in [2.05, 4.69) is 57.0 Å². The Morgan fingerprint density at radius 2 is 1.78 bits per heavy atom. The Bertz CT molecular complexity index is 331. The van der Waals surface area contributed by atoms with E-state index in [4.69, 9.17) is 5.73 Å². The monoisotopic (exact) mass is 248 g/mol. The SMILES string of the molecule is CCC(C)c1ccc(N(C)CCC(C)CN)cc1. The van der Waals surface area contributed by atoms with Gasteiger partial charge in [0.25, 0.3) is 0 Å². The highest BCUT2D eigenvalue weighted by Crippen LogP contribution is 2.22. The van der Waals surface area contributed by atoms with Crippen LogP contribution in [0.4, 0.5) is 5.69 Å². The molecule has 18 heavy (non-hydrogen) atoms. The van der Waals surface area contributed by atoms with Crippen LogP contribution in [0.2, 0.25) is 0 Å². The quantitative estimate of drug-likeness (QED) is 0.798. The van der Waals surface area contributed by atoms with Crippen LogP contribution in [0.25, 0.3) is 0 Å². The summed E-state index contributed by atoms with van der Waals surface area (Å²) < 4.78 is 0. The molecule has 0 aliphatic carbocycles. The lowest BCUT2D eigenvalue weighted by molar-refractivity contribution is 0.545. The number of rotatable bonds is 7. The molecule has 0 heterocycles. The maximum Gasteiger partial charge on any atom is 0.0363 e. The first kappa shape index (κ1) is 15.0. The van der Waals surface area contributed by atoms with Crippen molar-refractivity contribution in [3.63, 3.8) is 0 Å². The van der Waals surface area contributed by atoms with Gasteiger partial charge in [0.2, 0.25) is 0 Å². The molecule has 0 saturated heterocycles. The van der Waals surface area contributed by atoms with Crippen LogP contribution in [0, 0.1) is 5.92 Å². The summed E-state index contributed by atoms with van der Waals surface area (Å²) in [6.45, 7) is 8.57. The minimum Gasteiger partial charge on any atom is -0.375 e. The summed E-state index contributed by atoms with van der Waals surface area (Å²) in [6.07, 6.45) is 2.35. The number of anilines is 1. The van der Waals surface area contributed by atoms with Gasteiger partial charge in [-0.2, -0.15) is 0 Å². The largest absolute Gasteiger partial charge is 0.375 e. The summed E-state index contributed by atoms with van der Waals surface area (Å²) in [6, 6.07) is 8.97. The molecule has 0 bridgehead atoms. The summed E-state index contributed by atoms with van der Waals surface area (Å²) in [5.74, 6) is 1.26. The van der Waals surface area contributed by atoms with Crippen molar-refractivity contribution in [1.82, 2.24) is 0 Å². The third kappa shape index (κ3) is 4.34. The molecule has 0 aliphatic rings. The van der Waals surface area contributed by atoms with Crippen molar-refractivity contribution in [2.24, 2.45) is 11.7 Å².